The molecule has 4 aromatic rings. The van der Waals surface area contributed by atoms with Crippen LogP contribution in [-0.4, -0.2) is 57.8 Å². The lowest BCUT2D eigenvalue weighted by Crippen LogP contribution is -2.39. The van der Waals surface area contributed by atoms with Crippen molar-refractivity contribution >= 4 is 34.4 Å². The lowest BCUT2D eigenvalue weighted by Gasteiger charge is -2.36. The number of nitrogens with zero attached hydrogens (tertiary/aromatic N) is 6. The molecule has 1 unspecified atom stereocenters. The Balaban J connectivity index is 1.50. The summed E-state index contributed by atoms with van der Waals surface area (Å²) in [7, 11) is 0. The van der Waals surface area contributed by atoms with Gasteiger partial charge in [0.15, 0.2) is 11.4 Å². The minimum absolute atomic E-state index is 0.0287. The van der Waals surface area contributed by atoms with Crippen LogP contribution in [-0.2, 0) is 23.5 Å². The first kappa shape index (κ1) is 26.6. The minimum atomic E-state index is -5.12. The van der Waals surface area contributed by atoms with E-state index in [4.69, 9.17) is 16.3 Å². The van der Waals surface area contributed by atoms with E-state index in [0.717, 1.165) is 10.9 Å². The summed E-state index contributed by atoms with van der Waals surface area (Å²) >= 11 is 6.22. The molecule has 210 valence electrons. The largest absolute Gasteiger partial charge is 0.433 e. The van der Waals surface area contributed by atoms with Gasteiger partial charge < -0.3 is 19.5 Å². The number of nitrogens with one attached hydrogen (secondary N) is 1. The molecular weight excluding hydrogens is 564 g/mol. The smallest absolute Gasteiger partial charge is 0.378 e. The summed E-state index contributed by atoms with van der Waals surface area (Å²) < 4.78 is 87.2. The van der Waals surface area contributed by atoms with E-state index in [1.165, 1.54) is 17.3 Å². The van der Waals surface area contributed by atoms with Gasteiger partial charge in [-0.05, 0) is 36.2 Å². The molecular formula is C25H20ClF6N7O. The number of hydrogen-bond donors (Lipinski definition) is 1. The molecule has 0 aliphatic carbocycles. The molecule has 6 rings (SSSR count). The molecule has 5 heterocycles. The number of alkyl halides is 6. The maximum atomic E-state index is 13.6. The first-order chi connectivity index (χ1) is 19.0. The van der Waals surface area contributed by atoms with Crippen molar-refractivity contribution in [2.75, 3.05) is 42.6 Å². The van der Waals surface area contributed by atoms with E-state index in [0.29, 0.717) is 60.5 Å². The summed E-state index contributed by atoms with van der Waals surface area (Å²) in [5.41, 5.74) is -0.827. The molecule has 2 aliphatic rings. The van der Waals surface area contributed by atoms with E-state index in [1.54, 1.807) is 18.2 Å². The topological polar surface area (TPSA) is 83.1 Å². The van der Waals surface area contributed by atoms with Crippen LogP contribution in [0.2, 0.25) is 5.02 Å². The zero-order valence-electron chi connectivity index (χ0n) is 20.5. The molecule has 1 atom stereocenters. The highest BCUT2D eigenvalue weighted by Crippen LogP contribution is 2.42. The Morgan fingerprint density at radius 3 is 2.15 bits per heavy atom. The normalized spacial score (nSPS) is 18.3. The number of ether oxygens (including phenoxy) is 1. The monoisotopic (exact) mass is 583 g/mol. The van der Waals surface area contributed by atoms with Crippen LogP contribution in [0.25, 0.3) is 10.9 Å². The Hall–Kier alpha value is -3.65. The van der Waals surface area contributed by atoms with E-state index < -0.39 is 35.7 Å². The summed E-state index contributed by atoms with van der Waals surface area (Å²) in [6, 6.07) is 4.22. The minimum Gasteiger partial charge on any atom is -0.378 e. The van der Waals surface area contributed by atoms with Gasteiger partial charge in [0.05, 0.1) is 13.2 Å². The fourth-order valence-electron chi connectivity index (χ4n) is 5.08. The first-order valence-corrected chi connectivity index (χ1v) is 12.6. The molecule has 1 saturated heterocycles. The van der Waals surface area contributed by atoms with Gasteiger partial charge in [0.1, 0.15) is 6.04 Å². The average Bonchev–Trinajstić information content (AvgIpc) is 3.30. The highest BCUT2D eigenvalue weighted by molar-refractivity contribution is 6.31. The van der Waals surface area contributed by atoms with Crippen molar-refractivity contribution in [1.82, 2.24) is 24.9 Å². The number of rotatable bonds is 3. The van der Waals surface area contributed by atoms with E-state index in [2.05, 4.69) is 24.9 Å². The van der Waals surface area contributed by atoms with Crippen LogP contribution in [0.15, 0.2) is 36.7 Å². The van der Waals surface area contributed by atoms with Gasteiger partial charge in [0.2, 0.25) is 11.9 Å². The second-order valence-corrected chi connectivity index (χ2v) is 9.84. The number of H-pyrrole nitrogens is 1. The highest BCUT2D eigenvalue weighted by atomic mass is 35.5. The molecule has 0 bridgehead atoms. The van der Waals surface area contributed by atoms with Crippen molar-refractivity contribution in [2.24, 2.45) is 0 Å². The van der Waals surface area contributed by atoms with Gasteiger partial charge in [0.25, 0.3) is 0 Å². The molecule has 2 aliphatic heterocycles. The summed E-state index contributed by atoms with van der Waals surface area (Å²) in [6.07, 6.45) is -6.91. The lowest BCUT2D eigenvalue weighted by molar-refractivity contribution is -0.147. The Labute approximate surface area is 228 Å². The third-order valence-electron chi connectivity index (χ3n) is 6.91. The van der Waals surface area contributed by atoms with Crippen molar-refractivity contribution in [3.8, 4) is 0 Å². The SMILES string of the molecule is FC(F)(F)c1cc(C(F)(F)F)nc(N2CCc3c([nH]c4ccc(Cl)cc34)C2c2cnc(N3CCOCC3)nc2)n1. The Kier molecular flexibility index (Phi) is 6.49. The van der Waals surface area contributed by atoms with E-state index >= 15 is 0 Å². The lowest BCUT2D eigenvalue weighted by atomic mass is 9.94. The van der Waals surface area contributed by atoms with Gasteiger partial charge >= 0.3 is 12.4 Å². The molecule has 15 heteroatoms. The second kappa shape index (κ2) is 9.77. The molecule has 0 spiro atoms. The second-order valence-electron chi connectivity index (χ2n) is 9.40. The van der Waals surface area contributed by atoms with Crippen LogP contribution in [0.1, 0.15) is 34.3 Å². The van der Waals surface area contributed by atoms with Crippen molar-refractivity contribution in [3.63, 3.8) is 0 Å². The highest BCUT2D eigenvalue weighted by Gasteiger charge is 2.42. The van der Waals surface area contributed by atoms with Crippen molar-refractivity contribution in [1.29, 1.82) is 0 Å². The fourth-order valence-corrected chi connectivity index (χ4v) is 5.25. The van der Waals surface area contributed by atoms with Gasteiger partial charge in [-0.25, -0.2) is 19.9 Å². The fraction of sp³-hybridized carbons (Fsp3) is 0.360. The van der Waals surface area contributed by atoms with Crippen molar-refractivity contribution in [2.45, 2.75) is 24.8 Å². The molecule has 1 aromatic carbocycles. The van der Waals surface area contributed by atoms with Crippen LogP contribution in [0.3, 0.4) is 0 Å². The van der Waals surface area contributed by atoms with E-state index in [1.807, 2.05) is 4.90 Å². The number of hydrogen-bond acceptors (Lipinski definition) is 7. The summed E-state index contributed by atoms with van der Waals surface area (Å²) in [5.74, 6) is -0.264. The predicted octanol–water partition coefficient (Wildman–Crippen LogP) is 5.43. The number of halogens is 7. The van der Waals surface area contributed by atoms with Crippen LogP contribution in [0.5, 0.6) is 0 Å². The molecule has 0 amide bonds. The van der Waals surface area contributed by atoms with Gasteiger partial charge in [-0.3, -0.25) is 0 Å². The van der Waals surface area contributed by atoms with Crippen molar-refractivity contribution < 1.29 is 31.1 Å². The maximum Gasteiger partial charge on any atom is 0.433 e. The van der Waals surface area contributed by atoms with E-state index in [-0.39, 0.29) is 12.6 Å². The van der Waals surface area contributed by atoms with Gasteiger partial charge in [0, 0.05) is 59.2 Å². The first-order valence-electron chi connectivity index (χ1n) is 12.2. The summed E-state index contributed by atoms with van der Waals surface area (Å²) in [6.45, 7) is 2.22. The van der Waals surface area contributed by atoms with Crippen LogP contribution >= 0.6 is 11.6 Å². The summed E-state index contributed by atoms with van der Waals surface area (Å²) in [4.78, 5) is 22.5. The van der Waals surface area contributed by atoms with E-state index in [9.17, 15) is 26.3 Å². The Morgan fingerprint density at radius 2 is 1.52 bits per heavy atom. The van der Waals surface area contributed by atoms with Gasteiger partial charge in [-0.2, -0.15) is 26.3 Å². The number of benzene rings is 1. The molecule has 1 fully saturated rings. The van der Waals surface area contributed by atoms with Crippen LogP contribution < -0.4 is 9.80 Å². The molecule has 0 saturated carbocycles. The average molecular weight is 584 g/mol. The number of aromatic amines is 1. The maximum absolute atomic E-state index is 13.6. The Morgan fingerprint density at radius 1 is 0.875 bits per heavy atom. The summed E-state index contributed by atoms with van der Waals surface area (Å²) in [5, 5.41) is 1.29. The van der Waals surface area contributed by atoms with Crippen LogP contribution in [0, 0.1) is 0 Å². The predicted molar refractivity (Wildman–Crippen MR) is 133 cm³/mol. The third-order valence-corrected chi connectivity index (χ3v) is 7.14. The zero-order chi connectivity index (χ0) is 28.2. The molecule has 1 N–H and O–H groups in total. The van der Waals surface area contributed by atoms with Gasteiger partial charge in [-0.1, -0.05) is 11.6 Å². The number of morpholine rings is 1. The number of anilines is 2. The van der Waals surface area contributed by atoms with Crippen LogP contribution in [0.4, 0.5) is 38.2 Å². The molecule has 0 radical (unpaired) electrons. The van der Waals surface area contributed by atoms with Gasteiger partial charge in [-0.15, -0.1) is 0 Å². The quantitative estimate of drug-likeness (QED) is 0.322. The molecule has 40 heavy (non-hydrogen) atoms. The molecule has 3 aromatic heterocycles. The number of fused-ring (bicyclic) bond motifs is 3. The number of aromatic nitrogens is 5. The van der Waals surface area contributed by atoms with Crippen molar-refractivity contribution in [3.05, 3.63) is 69.9 Å². The third kappa shape index (κ3) is 4.89. The standard InChI is InChI=1S/C25H20ClF6N7O/c26-14-1-2-17-16(9-14)15-3-4-39(23-36-18(24(27,28)29)10-19(37-23)25(30,31)32)21(20(15)35-17)13-11-33-22(34-12-13)38-5-7-40-8-6-38/h1-2,9-12,21,35H,3-8H2. The molecule has 8 nitrogen and oxygen atoms in total. The Bertz CT molecular complexity index is 1520. The zero-order valence-corrected chi connectivity index (χ0v) is 21.3.